The minimum absolute atomic E-state index is 0.0743. The van der Waals surface area contributed by atoms with Gasteiger partial charge in [0.2, 0.25) is 0 Å². The van der Waals surface area contributed by atoms with Crippen LogP contribution in [0.4, 0.5) is 0 Å². The summed E-state index contributed by atoms with van der Waals surface area (Å²) in [5.41, 5.74) is 3.52. The molecule has 5 nitrogen and oxygen atoms in total. The Morgan fingerprint density at radius 2 is 1.70 bits per heavy atom. The maximum Gasteiger partial charge on any atom is 0.295 e. The molecule has 0 spiro atoms. The number of aliphatic hydroxyl groups excluding tert-OH is 1. The van der Waals surface area contributed by atoms with Gasteiger partial charge in [0.1, 0.15) is 17.6 Å². The van der Waals surface area contributed by atoms with E-state index >= 15 is 0 Å². The minimum atomic E-state index is -0.653. The largest absolute Gasteiger partial charge is 0.507 e. The fourth-order valence-corrected chi connectivity index (χ4v) is 4.71. The number of nitrogens with zero attached hydrogens (tertiary/aromatic N) is 1. The first-order valence-electron chi connectivity index (χ1n) is 11.2. The predicted molar refractivity (Wildman–Crippen MR) is 126 cm³/mol. The van der Waals surface area contributed by atoms with E-state index in [9.17, 15) is 14.7 Å². The van der Waals surface area contributed by atoms with Crippen LogP contribution >= 0.6 is 0 Å². The fourth-order valence-electron chi connectivity index (χ4n) is 4.71. The van der Waals surface area contributed by atoms with Crippen LogP contribution in [0.1, 0.15) is 35.2 Å². The van der Waals surface area contributed by atoms with Crippen molar-refractivity contribution < 1.29 is 19.4 Å². The van der Waals surface area contributed by atoms with Crippen LogP contribution in [-0.2, 0) is 22.4 Å². The molecule has 2 aliphatic rings. The summed E-state index contributed by atoms with van der Waals surface area (Å²) in [5.74, 6) is -0.590. The molecule has 0 unspecified atom stereocenters. The van der Waals surface area contributed by atoms with Gasteiger partial charge < -0.3 is 14.7 Å². The van der Waals surface area contributed by atoms with Crippen LogP contribution in [0.2, 0.25) is 0 Å². The number of hydrogen-bond acceptors (Lipinski definition) is 4. The number of hydrogen-bond donors (Lipinski definition) is 1. The average molecular weight is 440 g/mol. The van der Waals surface area contributed by atoms with E-state index in [0.29, 0.717) is 18.5 Å². The van der Waals surface area contributed by atoms with E-state index in [1.807, 2.05) is 79.7 Å². The summed E-state index contributed by atoms with van der Waals surface area (Å²) in [7, 11) is 0. The van der Waals surface area contributed by atoms with E-state index in [1.54, 1.807) is 11.0 Å². The number of aliphatic hydroxyl groups is 1. The molecule has 1 saturated heterocycles. The molecule has 0 radical (unpaired) electrons. The van der Waals surface area contributed by atoms with Gasteiger partial charge in [0.15, 0.2) is 0 Å². The van der Waals surface area contributed by atoms with Gasteiger partial charge in [-0.15, -0.1) is 0 Å². The summed E-state index contributed by atoms with van der Waals surface area (Å²) >= 11 is 0. The summed E-state index contributed by atoms with van der Waals surface area (Å²) < 4.78 is 5.76. The van der Waals surface area contributed by atoms with Crippen LogP contribution in [0.25, 0.3) is 5.76 Å². The number of rotatable bonds is 5. The van der Waals surface area contributed by atoms with Crippen LogP contribution in [0, 0.1) is 0 Å². The van der Waals surface area contributed by atoms with Crippen molar-refractivity contribution in [2.75, 3.05) is 6.54 Å². The summed E-state index contributed by atoms with van der Waals surface area (Å²) in [5, 5.41) is 11.3. The van der Waals surface area contributed by atoms with Gasteiger partial charge in [-0.3, -0.25) is 9.59 Å². The second-order valence-electron chi connectivity index (χ2n) is 8.59. The molecule has 0 bridgehead atoms. The second-order valence-corrected chi connectivity index (χ2v) is 8.59. The number of ketones is 1. The minimum Gasteiger partial charge on any atom is -0.507 e. The van der Waals surface area contributed by atoms with Crippen molar-refractivity contribution in [1.82, 2.24) is 4.90 Å². The van der Waals surface area contributed by atoms with E-state index in [2.05, 4.69) is 0 Å². The van der Waals surface area contributed by atoms with Gasteiger partial charge in [0.25, 0.3) is 11.7 Å². The number of Topliss-reactive ketones (excluding diaryl/α,β-unsaturated/α-hetero) is 1. The van der Waals surface area contributed by atoms with Crippen molar-refractivity contribution in [2.45, 2.75) is 31.9 Å². The monoisotopic (exact) mass is 439 g/mol. The molecule has 2 atom stereocenters. The molecule has 2 aliphatic heterocycles. The van der Waals surface area contributed by atoms with Crippen molar-refractivity contribution in [3.8, 4) is 5.75 Å². The molecule has 0 aromatic heterocycles. The van der Waals surface area contributed by atoms with Crippen LogP contribution in [0.15, 0.2) is 84.4 Å². The van der Waals surface area contributed by atoms with E-state index in [-0.39, 0.29) is 17.4 Å². The number of likely N-dealkylation sites (tertiary alicyclic amines) is 1. The number of carbonyl (C=O) groups excluding carboxylic acids is 2. The highest BCUT2D eigenvalue weighted by atomic mass is 16.5. The first-order chi connectivity index (χ1) is 16.0. The summed E-state index contributed by atoms with van der Waals surface area (Å²) in [6.45, 7) is 2.37. The molecular formula is C28H25NO4. The van der Waals surface area contributed by atoms with Crippen LogP contribution in [0.3, 0.4) is 0 Å². The van der Waals surface area contributed by atoms with E-state index in [1.165, 1.54) is 0 Å². The summed E-state index contributed by atoms with van der Waals surface area (Å²) in [6, 6.07) is 24.0. The Kier molecular flexibility index (Phi) is 5.47. The molecule has 33 heavy (non-hydrogen) atoms. The molecule has 5 heteroatoms. The summed E-state index contributed by atoms with van der Waals surface area (Å²) in [6.07, 6.45) is 1.43. The highest BCUT2D eigenvalue weighted by Gasteiger charge is 2.45. The first kappa shape index (κ1) is 21.0. The van der Waals surface area contributed by atoms with Crippen LogP contribution in [-0.4, -0.2) is 34.3 Å². The summed E-state index contributed by atoms with van der Waals surface area (Å²) in [4.78, 5) is 27.9. The molecule has 2 heterocycles. The van der Waals surface area contributed by atoms with Crippen molar-refractivity contribution in [1.29, 1.82) is 0 Å². The number of ether oxygens (including phenoxy) is 1. The van der Waals surface area contributed by atoms with E-state index < -0.39 is 17.7 Å². The molecule has 1 fully saturated rings. The molecule has 3 aromatic rings. The van der Waals surface area contributed by atoms with Gasteiger partial charge in [-0.2, -0.15) is 0 Å². The number of fused-ring (bicyclic) bond motifs is 1. The number of carbonyl (C=O) groups is 2. The molecule has 1 amide bonds. The Bertz CT molecular complexity index is 1230. The van der Waals surface area contributed by atoms with Crippen LogP contribution < -0.4 is 4.74 Å². The lowest BCUT2D eigenvalue weighted by Gasteiger charge is -2.25. The number of benzene rings is 3. The lowest BCUT2D eigenvalue weighted by Crippen LogP contribution is -2.31. The van der Waals surface area contributed by atoms with E-state index in [4.69, 9.17) is 4.74 Å². The Balaban J connectivity index is 1.56. The Morgan fingerprint density at radius 3 is 2.42 bits per heavy atom. The van der Waals surface area contributed by atoms with Gasteiger partial charge in [-0.05, 0) is 48.2 Å². The average Bonchev–Trinajstić information content (AvgIpc) is 3.34. The third-order valence-electron chi connectivity index (χ3n) is 6.31. The standard InChI is InChI=1S/C28H25NO4/c1-18-16-22-17-21(12-13-23(22)33-18)26(30)24-25(20-10-6-3-7-11-20)29(28(32)27(24)31)15-14-19-8-4-2-5-9-19/h2-13,17-18,25,30H,14-16H2,1H3/t18-,25+/m1/s1. The quantitative estimate of drug-likeness (QED) is 0.356. The Hall–Kier alpha value is -3.86. The van der Waals surface area contributed by atoms with E-state index in [0.717, 1.165) is 28.9 Å². The zero-order valence-electron chi connectivity index (χ0n) is 18.4. The molecule has 5 rings (SSSR count). The van der Waals surface area contributed by atoms with Gasteiger partial charge in [-0.25, -0.2) is 0 Å². The maximum absolute atomic E-state index is 13.2. The maximum atomic E-state index is 13.2. The molecular weight excluding hydrogens is 414 g/mol. The zero-order chi connectivity index (χ0) is 22.9. The molecule has 1 N–H and O–H groups in total. The molecule has 0 saturated carbocycles. The topological polar surface area (TPSA) is 66.8 Å². The molecule has 166 valence electrons. The van der Waals surface area contributed by atoms with Gasteiger partial charge in [0.05, 0.1) is 11.6 Å². The van der Waals surface area contributed by atoms with Crippen molar-refractivity contribution in [3.63, 3.8) is 0 Å². The SMILES string of the molecule is C[C@@H]1Cc2cc(C(O)=C3C(=O)C(=O)N(CCc4ccccc4)[C@H]3c3ccccc3)ccc2O1. The van der Waals surface area contributed by atoms with Crippen molar-refractivity contribution in [3.05, 3.63) is 107 Å². The second kappa shape index (κ2) is 8.58. The third kappa shape index (κ3) is 3.91. The molecule has 3 aromatic carbocycles. The van der Waals surface area contributed by atoms with Gasteiger partial charge in [0, 0.05) is 18.5 Å². The number of amides is 1. The first-order valence-corrected chi connectivity index (χ1v) is 11.2. The predicted octanol–water partition coefficient (Wildman–Crippen LogP) is 4.67. The fraction of sp³-hybridized carbons (Fsp3) is 0.214. The van der Waals surface area contributed by atoms with Gasteiger partial charge in [-0.1, -0.05) is 60.7 Å². The van der Waals surface area contributed by atoms with Crippen LogP contribution in [0.5, 0.6) is 5.75 Å². The van der Waals surface area contributed by atoms with Gasteiger partial charge >= 0.3 is 0 Å². The normalized spacial score (nSPS) is 21.2. The lowest BCUT2D eigenvalue weighted by atomic mass is 9.94. The lowest BCUT2D eigenvalue weighted by molar-refractivity contribution is -0.139. The molecule has 0 aliphatic carbocycles. The smallest absolute Gasteiger partial charge is 0.295 e. The highest BCUT2D eigenvalue weighted by Crippen LogP contribution is 2.40. The third-order valence-corrected chi connectivity index (χ3v) is 6.31. The van der Waals surface area contributed by atoms with Crippen molar-refractivity contribution in [2.24, 2.45) is 0 Å². The highest BCUT2D eigenvalue weighted by molar-refractivity contribution is 6.46. The zero-order valence-corrected chi connectivity index (χ0v) is 18.4. The Labute approximate surface area is 192 Å². The Morgan fingerprint density at radius 1 is 1.00 bits per heavy atom. The van der Waals surface area contributed by atoms with Crippen molar-refractivity contribution >= 4 is 17.4 Å².